The molecule has 0 spiro atoms. The van der Waals surface area contributed by atoms with E-state index in [0.29, 0.717) is 17.9 Å². The third-order valence-electron chi connectivity index (χ3n) is 4.32. The fraction of sp³-hybridized carbons (Fsp3) is 0.632. The molecule has 1 aliphatic rings. The largest absolute Gasteiger partial charge is 0.493 e. The molecule has 3 heteroatoms. The summed E-state index contributed by atoms with van der Waals surface area (Å²) >= 11 is 0. The predicted molar refractivity (Wildman–Crippen MR) is 88.1 cm³/mol. The molecule has 0 aliphatic heterocycles. The highest BCUT2D eigenvalue weighted by molar-refractivity contribution is 5.69. The molecular weight excluding hydrogens is 276 g/mol. The van der Waals surface area contributed by atoms with Crippen molar-refractivity contribution in [1.82, 2.24) is 0 Å². The van der Waals surface area contributed by atoms with Crippen molar-refractivity contribution in [3.05, 3.63) is 29.8 Å². The van der Waals surface area contributed by atoms with Crippen molar-refractivity contribution in [3.63, 3.8) is 0 Å². The van der Waals surface area contributed by atoms with Gasteiger partial charge in [0.15, 0.2) is 0 Å². The molecule has 0 atom stereocenters. The standard InChI is InChI=1S/C19H28O3/c1-14(2)19(11-12-19)15-6-8-16(9-7-15)21-13-10-17(20)22-18(3,4)5/h6-9,14H,10-13H2,1-5H3. The quantitative estimate of drug-likeness (QED) is 0.727. The fourth-order valence-electron chi connectivity index (χ4n) is 2.86. The van der Waals surface area contributed by atoms with Gasteiger partial charge >= 0.3 is 5.97 Å². The maximum atomic E-state index is 11.6. The van der Waals surface area contributed by atoms with Crippen molar-refractivity contribution >= 4 is 5.97 Å². The fourth-order valence-corrected chi connectivity index (χ4v) is 2.86. The van der Waals surface area contributed by atoms with Crippen molar-refractivity contribution < 1.29 is 14.3 Å². The van der Waals surface area contributed by atoms with E-state index in [1.165, 1.54) is 18.4 Å². The summed E-state index contributed by atoms with van der Waals surface area (Å²) in [6.07, 6.45) is 2.84. The van der Waals surface area contributed by atoms with E-state index in [2.05, 4.69) is 26.0 Å². The first-order chi connectivity index (χ1) is 10.2. The summed E-state index contributed by atoms with van der Waals surface area (Å²) in [4.78, 5) is 11.6. The van der Waals surface area contributed by atoms with Gasteiger partial charge in [-0.1, -0.05) is 26.0 Å². The zero-order chi connectivity index (χ0) is 16.4. The van der Waals surface area contributed by atoms with E-state index in [1.54, 1.807) is 0 Å². The number of carbonyl (C=O) groups excluding carboxylic acids is 1. The molecule has 22 heavy (non-hydrogen) atoms. The number of benzene rings is 1. The Kier molecular flexibility index (Phi) is 4.84. The first-order valence-corrected chi connectivity index (χ1v) is 8.18. The Morgan fingerprint density at radius 3 is 2.23 bits per heavy atom. The van der Waals surface area contributed by atoms with Gasteiger partial charge in [0.1, 0.15) is 11.4 Å². The highest BCUT2D eigenvalue weighted by Crippen LogP contribution is 2.53. The number of ether oxygens (including phenoxy) is 2. The van der Waals surface area contributed by atoms with Crippen LogP contribution >= 0.6 is 0 Å². The second-order valence-electron chi connectivity index (χ2n) is 7.52. The van der Waals surface area contributed by atoms with Crippen LogP contribution in [0.4, 0.5) is 0 Å². The molecule has 1 fully saturated rings. The van der Waals surface area contributed by atoms with Crippen LogP contribution in [0.1, 0.15) is 59.4 Å². The molecule has 0 unspecified atom stereocenters. The zero-order valence-corrected chi connectivity index (χ0v) is 14.4. The summed E-state index contributed by atoms with van der Waals surface area (Å²) in [5.41, 5.74) is 1.35. The third-order valence-corrected chi connectivity index (χ3v) is 4.32. The maximum Gasteiger partial charge on any atom is 0.309 e. The predicted octanol–water partition coefficient (Wildman–Crippen LogP) is 4.48. The van der Waals surface area contributed by atoms with E-state index in [4.69, 9.17) is 9.47 Å². The topological polar surface area (TPSA) is 35.5 Å². The van der Waals surface area contributed by atoms with Crippen molar-refractivity contribution in [2.45, 2.75) is 64.9 Å². The van der Waals surface area contributed by atoms with Crippen LogP contribution in [0.3, 0.4) is 0 Å². The molecule has 1 saturated carbocycles. The Balaban J connectivity index is 1.81. The van der Waals surface area contributed by atoms with E-state index in [-0.39, 0.29) is 12.4 Å². The normalized spacial score (nSPS) is 16.5. The van der Waals surface area contributed by atoms with Crippen LogP contribution in [0, 0.1) is 5.92 Å². The average molecular weight is 304 g/mol. The van der Waals surface area contributed by atoms with E-state index in [9.17, 15) is 4.79 Å². The van der Waals surface area contributed by atoms with Gasteiger partial charge in [-0.3, -0.25) is 4.79 Å². The van der Waals surface area contributed by atoms with Gasteiger partial charge in [-0.25, -0.2) is 0 Å². The van der Waals surface area contributed by atoms with Crippen molar-refractivity contribution in [2.75, 3.05) is 6.61 Å². The Hall–Kier alpha value is -1.51. The molecule has 2 rings (SSSR count). The molecule has 1 aromatic rings. The minimum atomic E-state index is -0.436. The van der Waals surface area contributed by atoms with Gasteiger partial charge in [0.2, 0.25) is 0 Å². The molecule has 0 radical (unpaired) electrons. The molecular formula is C19H28O3. The zero-order valence-electron chi connectivity index (χ0n) is 14.4. The minimum Gasteiger partial charge on any atom is -0.493 e. The van der Waals surface area contributed by atoms with Crippen molar-refractivity contribution in [1.29, 1.82) is 0 Å². The van der Waals surface area contributed by atoms with E-state index in [0.717, 1.165) is 5.75 Å². The maximum absolute atomic E-state index is 11.6. The Morgan fingerprint density at radius 1 is 1.18 bits per heavy atom. The molecule has 0 bridgehead atoms. The monoisotopic (exact) mass is 304 g/mol. The highest BCUT2D eigenvalue weighted by Gasteiger charge is 2.46. The molecule has 0 heterocycles. The van der Waals surface area contributed by atoms with Gasteiger partial charge in [0, 0.05) is 0 Å². The van der Waals surface area contributed by atoms with Gasteiger partial charge in [-0.15, -0.1) is 0 Å². The lowest BCUT2D eigenvalue weighted by molar-refractivity contribution is -0.155. The lowest BCUT2D eigenvalue weighted by Crippen LogP contribution is -2.24. The molecule has 1 aliphatic carbocycles. The smallest absolute Gasteiger partial charge is 0.309 e. The van der Waals surface area contributed by atoms with Gasteiger partial charge in [0.05, 0.1) is 13.0 Å². The lowest BCUT2D eigenvalue weighted by atomic mass is 9.85. The number of esters is 1. The molecule has 0 aromatic heterocycles. The van der Waals surface area contributed by atoms with Crippen LogP contribution in [0.25, 0.3) is 0 Å². The average Bonchev–Trinajstić information content (AvgIpc) is 3.19. The van der Waals surface area contributed by atoms with E-state index >= 15 is 0 Å². The van der Waals surface area contributed by atoms with Crippen LogP contribution in [0.2, 0.25) is 0 Å². The molecule has 0 N–H and O–H groups in total. The Labute approximate surface area is 134 Å². The Bertz CT molecular complexity index is 504. The molecule has 122 valence electrons. The summed E-state index contributed by atoms with van der Waals surface area (Å²) in [6, 6.07) is 8.34. The van der Waals surface area contributed by atoms with Crippen LogP contribution in [0.15, 0.2) is 24.3 Å². The second-order valence-corrected chi connectivity index (χ2v) is 7.52. The summed E-state index contributed by atoms with van der Waals surface area (Å²) in [6.45, 7) is 10.5. The van der Waals surface area contributed by atoms with E-state index in [1.807, 2.05) is 32.9 Å². The van der Waals surface area contributed by atoms with Gasteiger partial charge in [-0.05, 0) is 62.6 Å². The first kappa shape index (κ1) is 16.9. The highest BCUT2D eigenvalue weighted by atomic mass is 16.6. The van der Waals surface area contributed by atoms with Crippen LogP contribution in [0.5, 0.6) is 5.75 Å². The summed E-state index contributed by atoms with van der Waals surface area (Å²) in [5.74, 6) is 1.26. The first-order valence-electron chi connectivity index (χ1n) is 8.18. The summed E-state index contributed by atoms with van der Waals surface area (Å²) in [5, 5.41) is 0. The van der Waals surface area contributed by atoms with Crippen LogP contribution in [-0.2, 0) is 14.9 Å². The lowest BCUT2D eigenvalue weighted by Gasteiger charge is -2.20. The summed E-state index contributed by atoms with van der Waals surface area (Å²) in [7, 11) is 0. The number of carbonyl (C=O) groups is 1. The second kappa shape index (κ2) is 6.31. The Morgan fingerprint density at radius 2 is 1.77 bits per heavy atom. The minimum absolute atomic E-state index is 0.221. The van der Waals surface area contributed by atoms with Crippen LogP contribution < -0.4 is 4.74 Å². The van der Waals surface area contributed by atoms with Gasteiger partial charge in [0.25, 0.3) is 0 Å². The SMILES string of the molecule is CC(C)C1(c2ccc(OCCC(=O)OC(C)(C)C)cc2)CC1. The molecule has 0 saturated heterocycles. The number of hydrogen-bond acceptors (Lipinski definition) is 3. The van der Waals surface area contributed by atoms with Crippen molar-refractivity contribution in [2.24, 2.45) is 5.92 Å². The van der Waals surface area contributed by atoms with Gasteiger partial charge in [-0.2, -0.15) is 0 Å². The van der Waals surface area contributed by atoms with Gasteiger partial charge < -0.3 is 9.47 Å². The summed E-state index contributed by atoms with van der Waals surface area (Å²) < 4.78 is 10.9. The molecule has 3 nitrogen and oxygen atoms in total. The number of hydrogen-bond donors (Lipinski definition) is 0. The van der Waals surface area contributed by atoms with Crippen molar-refractivity contribution in [3.8, 4) is 5.75 Å². The molecule has 0 amide bonds. The number of rotatable bonds is 6. The molecule has 1 aromatic carbocycles. The van der Waals surface area contributed by atoms with Crippen LogP contribution in [-0.4, -0.2) is 18.2 Å². The van der Waals surface area contributed by atoms with E-state index < -0.39 is 5.60 Å². The third kappa shape index (κ3) is 4.25.